The smallest absolute Gasteiger partial charge is 0.313 e. The van der Waals surface area contributed by atoms with Crippen LogP contribution < -0.4 is 0 Å². The summed E-state index contributed by atoms with van der Waals surface area (Å²) < 4.78 is 4.63. The summed E-state index contributed by atoms with van der Waals surface area (Å²) in [6, 6.07) is 0. The number of carbonyl (C=O) groups excluding carboxylic acids is 3. The molecule has 4 nitrogen and oxygen atoms in total. The molecule has 17 heavy (non-hydrogen) atoms. The maximum atomic E-state index is 11.2. The van der Waals surface area contributed by atoms with Gasteiger partial charge in [-0.2, -0.15) is 0 Å². The number of rotatable bonds is 8. The molecular formula is C12H20O4S. The van der Waals surface area contributed by atoms with Crippen LogP contribution in [0.25, 0.3) is 0 Å². The Balaban J connectivity index is 3.46. The third kappa shape index (κ3) is 11.4. The van der Waals surface area contributed by atoms with Crippen molar-refractivity contribution in [2.75, 3.05) is 5.75 Å². The molecule has 0 unspecified atom stereocenters. The number of hydrogen-bond acceptors (Lipinski definition) is 5. The first-order valence-electron chi connectivity index (χ1n) is 5.93. The summed E-state index contributed by atoms with van der Waals surface area (Å²) in [5.41, 5.74) is 0. The van der Waals surface area contributed by atoms with Crippen LogP contribution in [-0.4, -0.2) is 22.8 Å². The van der Waals surface area contributed by atoms with Crippen LogP contribution in [0.2, 0.25) is 0 Å². The molecule has 0 atom stereocenters. The average molecular weight is 260 g/mol. The molecule has 0 aromatic rings. The molecule has 0 aromatic heterocycles. The van der Waals surface area contributed by atoms with Crippen LogP contribution in [0.3, 0.4) is 0 Å². The SMILES string of the molecule is CCCCC(=O)OC(=O)CCCCSC(C)=O. The van der Waals surface area contributed by atoms with Crippen LogP contribution in [-0.2, 0) is 19.1 Å². The van der Waals surface area contributed by atoms with E-state index in [0.717, 1.165) is 19.3 Å². The summed E-state index contributed by atoms with van der Waals surface area (Å²) in [6.07, 6.45) is 3.65. The third-order valence-corrected chi connectivity index (χ3v) is 2.94. The van der Waals surface area contributed by atoms with Crippen molar-refractivity contribution < 1.29 is 19.1 Å². The van der Waals surface area contributed by atoms with Crippen LogP contribution in [0.15, 0.2) is 0 Å². The molecule has 0 spiro atoms. The fourth-order valence-corrected chi connectivity index (χ4v) is 1.77. The zero-order valence-corrected chi connectivity index (χ0v) is 11.3. The first-order chi connectivity index (χ1) is 8.06. The van der Waals surface area contributed by atoms with E-state index in [1.54, 1.807) is 0 Å². The van der Waals surface area contributed by atoms with Gasteiger partial charge in [-0.3, -0.25) is 14.4 Å². The minimum Gasteiger partial charge on any atom is -0.393 e. The molecule has 0 radical (unpaired) electrons. The normalized spacial score (nSPS) is 10.0. The summed E-state index contributed by atoms with van der Waals surface area (Å²) in [5.74, 6) is -0.180. The maximum absolute atomic E-state index is 11.2. The molecule has 5 heteroatoms. The fourth-order valence-electron chi connectivity index (χ4n) is 1.14. The highest BCUT2D eigenvalue weighted by molar-refractivity contribution is 8.13. The van der Waals surface area contributed by atoms with E-state index in [0.29, 0.717) is 18.6 Å². The van der Waals surface area contributed by atoms with Gasteiger partial charge in [-0.05, 0) is 19.3 Å². The van der Waals surface area contributed by atoms with E-state index < -0.39 is 11.9 Å². The van der Waals surface area contributed by atoms with Crippen LogP contribution >= 0.6 is 11.8 Å². The van der Waals surface area contributed by atoms with Crippen molar-refractivity contribution in [2.24, 2.45) is 0 Å². The lowest BCUT2D eigenvalue weighted by Crippen LogP contribution is -2.11. The second-order valence-corrected chi connectivity index (χ2v) is 5.02. The van der Waals surface area contributed by atoms with Gasteiger partial charge in [0, 0.05) is 25.5 Å². The molecule has 0 aliphatic carbocycles. The Morgan fingerprint density at radius 2 is 1.59 bits per heavy atom. The highest BCUT2D eigenvalue weighted by atomic mass is 32.2. The van der Waals surface area contributed by atoms with Gasteiger partial charge < -0.3 is 4.74 Å². The van der Waals surface area contributed by atoms with Crippen molar-refractivity contribution in [1.82, 2.24) is 0 Å². The Labute approximate surface area is 106 Å². The summed E-state index contributed by atoms with van der Waals surface area (Å²) in [4.78, 5) is 32.9. The molecule has 0 rings (SSSR count). The van der Waals surface area contributed by atoms with Crippen LogP contribution in [0.1, 0.15) is 52.4 Å². The van der Waals surface area contributed by atoms with Gasteiger partial charge in [-0.15, -0.1) is 0 Å². The number of unbranched alkanes of at least 4 members (excludes halogenated alkanes) is 2. The number of hydrogen-bond donors (Lipinski definition) is 0. The minimum absolute atomic E-state index is 0.0855. The van der Waals surface area contributed by atoms with Crippen molar-refractivity contribution in [2.45, 2.75) is 52.4 Å². The summed E-state index contributed by atoms with van der Waals surface area (Å²) >= 11 is 1.25. The Hall–Kier alpha value is -0.840. The molecule has 0 heterocycles. The van der Waals surface area contributed by atoms with Gasteiger partial charge in [0.2, 0.25) is 0 Å². The molecule has 0 amide bonds. The molecular weight excluding hydrogens is 240 g/mol. The van der Waals surface area contributed by atoms with Crippen molar-refractivity contribution in [3.8, 4) is 0 Å². The minimum atomic E-state index is -0.459. The highest BCUT2D eigenvalue weighted by Gasteiger charge is 2.09. The lowest BCUT2D eigenvalue weighted by molar-refractivity contribution is -0.159. The van der Waals surface area contributed by atoms with Crippen molar-refractivity contribution in [1.29, 1.82) is 0 Å². The lowest BCUT2D eigenvalue weighted by atomic mass is 10.2. The van der Waals surface area contributed by atoms with Crippen LogP contribution in [0.4, 0.5) is 0 Å². The zero-order valence-electron chi connectivity index (χ0n) is 10.5. The van der Waals surface area contributed by atoms with E-state index in [2.05, 4.69) is 4.74 Å². The molecule has 0 aliphatic rings. The van der Waals surface area contributed by atoms with Gasteiger partial charge >= 0.3 is 11.9 Å². The Morgan fingerprint density at radius 1 is 1.00 bits per heavy atom. The summed E-state index contributed by atoms with van der Waals surface area (Å²) in [5, 5.41) is 0.0855. The standard InChI is InChI=1S/C12H20O4S/c1-3-4-7-11(14)16-12(15)8-5-6-9-17-10(2)13/h3-9H2,1-2H3. The fraction of sp³-hybridized carbons (Fsp3) is 0.750. The molecule has 0 saturated carbocycles. The second-order valence-electron chi connectivity index (χ2n) is 3.75. The van der Waals surface area contributed by atoms with Gasteiger partial charge in [0.1, 0.15) is 0 Å². The van der Waals surface area contributed by atoms with Gasteiger partial charge in [0.25, 0.3) is 0 Å². The number of carbonyl (C=O) groups is 3. The maximum Gasteiger partial charge on any atom is 0.313 e. The van der Waals surface area contributed by atoms with Crippen LogP contribution in [0, 0.1) is 0 Å². The Bertz CT molecular complexity index is 263. The lowest BCUT2D eigenvalue weighted by Gasteiger charge is -2.02. The van der Waals surface area contributed by atoms with Gasteiger partial charge in [0.05, 0.1) is 0 Å². The molecule has 0 aliphatic heterocycles. The largest absolute Gasteiger partial charge is 0.393 e. The van der Waals surface area contributed by atoms with Gasteiger partial charge in [-0.1, -0.05) is 25.1 Å². The molecule has 98 valence electrons. The van der Waals surface area contributed by atoms with Crippen molar-refractivity contribution in [3.05, 3.63) is 0 Å². The summed E-state index contributed by atoms with van der Waals surface area (Å²) in [6.45, 7) is 3.49. The molecule has 0 aromatic carbocycles. The first kappa shape index (κ1) is 16.2. The van der Waals surface area contributed by atoms with E-state index in [1.807, 2.05) is 6.92 Å². The van der Waals surface area contributed by atoms with E-state index in [-0.39, 0.29) is 11.5 Å². The number of esters is 2. The van der Waals surface area contributed by atoms with E-state index in [4.69, 9.17) is 0 Å². The van der Waals surface area contributed by atoms with Gasteiger partial charge in [0.15, 0.2) is 5.12 Å². The van der Waals surface area contributed by atoms with E-state index >= 15 is 0 Å². The van der Waals surface area contributed by atoms with Crippen molar-refractivity contribution >= 4 is 28.8 Å². The van der Waals surface area contributed by atoms with Crippen LogP contribution in [0.5, 0.6) is 0 Å². The van der Waals surface area contributed by atoms with Crippen molar-refractivity contribution in [3.63, 3.8) is 0 Å². The highest BCUT2D eigenvalue weighted by Crippen LogP contribution is 2.08. The average Bonchev–Trinajstić information content (AvgIpc) is 2.25. The Morgan fingerprint density at radius 3 is 2.12 bits per heavy atom. The number of ether oxygens (including phenoxy) is 1. The van der Waals surface area contributed by atoms with E-state index in [9.17, 15) is 14.4 Å². The predicted molar refractivity (Wildman–Crippen MR) is 67.6 cm³/mol. The monoisotopic (exact) mass is 260 g/mol. The molecule has 0 fully saturated rings. The molecule has 0 bridgehead atoms. The number of thioether (sulfide) groups is 1. The third-order valence-electron chi connectivity index (χ3n) is 2.04. The predicted octanol–water partition coefficient (Wildman–Crippen LogP) is 2.70. The van der Waals surface area contributed by atoms with Gasteiger partial charge in [-0.25, -0.2) is 0 Å². The second kappa shape index (κ2) is 10.3. The topological polar surface area (TPSA) is 60.4 Å². The summed E-state index contributed by atoms with van der Waals surface area (Å²) in [7, 11) is 0. The first-order valence-corrected chi connectivity index (χ1v) is 6.91. The Kier molecular flexibility index (Phi) is 9.81. The van der Waals surface area contributed by atoms with E-state index in [1.165, 1.54) is 18.7 Å². The molecule has 0 saturated heterocycles. The quantitative estimate of drug-likeness (QED) is 0.381. The molecule has 0 N–H and O–H groups in total. The zero-order chi connectivity index (χ0) is 13.1.